The second-order valence-electron chi connectivity index (χ2n) is 6.98. The lowest BCUT2D eigenvalue weighted by Crippen LogP contribution is -2.30. The zero-order valence-electron chi connectivity index (χ0n) is 15.5. The van der Waals surface area contributed by atoms with Crippen molar-refractivity contribution in [1.29, 1.82) is 0 Å². The zero-order chi connectivity index (χ0) is 19.0. The molecular weight excluding hydrogens is 340 g/mol. The first-order valence-corrected chi connectivity index (χ1v) is 9.17. The SMILES string of the molecule is Cc1nc2ccccc2n1CC(=O)Nc1ccc(N2C(=O)CCC2C)cc1. The first-order chi connectivity index (χ1) is 13.0. The van der Waals surface area contributed by atoms with Gasteiger partial charge in [-0.3, -0.25) is 9.59 Å². The molecule has 0 radical (unpaired) electrons. The van der Waals surface area contributed by atoms with Gasteiger partial charge in [0.2, 0.25) is 11.8 Å². The summed E-state index contributed by atoms with van der Waals surface area (Å²) in [6, 6.07) is 15.4. The van der Waals surface area contributed by atoms with Crippen LogP contribution in [0.2, 0.25) is 0 Å². The van der Waals surface area contributed by atoms with E-state index in [-0.39, 0.29) is 24.4 Å². The molecule has 0 bridgehead atoms. The van der Waals surface area contributed by atoms with Gasteiger partial charge in [-0.25, -0.2) is 4.98 Å². The smallest absolute Gasteiger partial charge is 0.244 e. The molecule has 138 valence electrons. The third-order valence-electron chi connectivity index (χ3n) is 5.06. The highest BCUT2D eigenvalue weighted by atomic mass is 16.2. The molecule has 4 rings (SSSR count). The molecule has 0 spiro atoms. The summed E-state index contributed by atoms with van der Waals surface area (Å²) in [7, 11) is 0. The normalized spacial score (nSPS) is 16.9. The van der Waals surface area contributed by atoms with Crippen LogP contribution in [0, 0.1) is 6.92 Å². The van der Waals surface area contributed by atoms with Gasteiger partial charge in [0.1, 0.15) is 12.4 Å². The van der Waals surface area contributed by atoms with Crippen LogP contribution in [-0.2, 0) is 16.1 Å². The maximum Gasteiger partial charge on any atom is 0.244 e. The Balaban J connectivity index is 1.47. The van der Waals surface area contributed by atoms with E-state index >= 15 is 0 Å². The van der Waals surface area contributed by atoms with Crippen molar-refractivity contribution in [3.05, 3.63) is 54.4 Å². The number of aryl methyl sites for hydroxylation is 1. The molecule has 1 N–H and O–H groups in total. The molecule has 1 aliphatic heterocycles. The molecule has 2 amide bonds. The lowest BCUT2D eigenvalue weighted by atomic mass is 10.2. The molecule has 1 aromatic heterocycles. The fourth-order valence-corrected chi connectivity index (χ4v) is 3.67. The van der Waals surface area contributed by atoms with E-state index in [9.17, 15) is 9.59 Å². The van der Waals surface area contributed by atoms with Crippen molar-refractivity contribution in [3.8, 4) is 0 Å². The predicted molar refractivity (Wildman–Crippen MR) is 106 cm³/mol. The average molecular weight is 362 g/mol. The number of para-hydroxylation sites is 2. The number of amides is 2. The van der Waals surface area contributed by atoms with Gasteiger partial charge in [-0.15, -0.1) is 0 Å². The summed E-state index contributed by atoms with van der Waals surface area (Å²) in [5.74, 6) is 0.851. The van der Waals surface area contributed by atoms with Gasteiger partial charge in [-0.05, 0) is 56.7 Å². The lowest BCUT2D eigenvalue weighted by Gasteiger charge is -2.22. The molecule has 1 saturated heterocycles. The average Bonchev–Trinajstić information content (AvgIpc) is 3.15. The van der Waals surface area contributed by atoms with Gasteiger partial charge in [-0.1, -0.05) is 12.1 Å². The largest absolute Gasteiger partial charge is 0.325 e. The number of hydrogen-bond acceptors (Lipinski definition) is 3. The topological polar surface area (TPSA) is 67.2 Å². The minimum absolute atomic E-state index is 0.111. The van der Waals surface area contributed by atoms with Crippen molar-refractivity contribution in [2.24, 2.45) is 0 Å². The number of benzene rings is 2. The molecule has 3 aromatic rings. The fourth-order valence-electron chi connectivity index (χ4n) is 3.67. The van der Waals surface area contributed by atoms with E-state index in [0.29, 0.717) is 12.1 Å². The number of rotatable bonds is 4. The highest BCUT2D eigenvalue weighted by Crippen LogP contribution is 2.27. The summed E-state index contributed by atoms with van der Waals surface area (Å²) in [4.78, 5) is 30.8. The van der Waals surface area contributed by atoms with Crippen LogP contribution < -0.4 is 10.2 Å². The van der Waals surface area contributed by atoms with Gasteiger partial charge in [-0.2, -0.15) is 0 Å². The molecule has 0 saturated carbocycles. The van der Waals surface area contributed by atoms with Gasteiger partial charge >= 0.3 is 0 Å². The first-order valence-electron chi connectivity index (χ1n) is 9.17. The number of aromatic nitrogens is 2. The molecule has 1 unspecified atom stereocenters. The van der Waals surface area contributed by atoms with E-state index in [4.69, 9.17) is 0 Å². The molecule has 0 aliphatic carbocycles. The van der Waals surface area contributed by atoms with Crippen LogP contribution >= 0.6 is 0 Å². The fraction of sp³-hybridized carbons (Fsp3) is 0.286. The number of nitrogens with one attached hydrogen (secondary N) is 1. The molecule has 1 aliphatic rings. The van der Waals surface area contributed by atoms with Crippen LogP contribution in [0.4, 0.5) is 11.4 Å². The number of nitrogens with zero attached hydrogens (tertiary/aromatic N) is 3. The van der Waals surface area contributed by atoms with E-state index in [1.807, 2.05) is 64.9 Å². The highest BCUT2D eigenvalue weighted by Gasteiger charge is 2.28. The Bertz CT molecular complexity index is 1010. The van der Waals surface area contributed by atoms with E-state index < -0.39 is 0 Å². The van der Waals surface area contributed by atoms with E-state index in [0.717, 1.165) is 29.0 Å². The number of anilines is 2. The number of hydrogen-bond donors (Lipinski definition) is 1. The van der Waals surface area contributed by atoms with Crippen LogP contribution in [-0.4, -0.2) is 27.4 Å². The summed E-state index contributed by atoms with van der Waals surface area (Å²) in [6.07, 6.45) is 1.48. The highest BCUT2D eigenvalue weighted by molar-refractivity contribution is 5.97. The number of carbonyl (C=O) groups excluding carboxylic acids is 2. The number of carbonyl (C=O) groups is 2. The Kier molecular flexibility index (Phi) is 4.39. The van der Waals surface area contributed by atoms with Crippen molar-refractivity contribution in [2.45, 2.75) is 39.3 Å². The van der Waals surface area contributed by atoms with Crippen molar-refractivity contribution in [3.63, 3.8) is 0 Å². The van der Waals surface area contributed by atoms with Gasteiger partial charge < -0.3 is 14.8 Å². The van der Waals surface area contributed by atoms with Crippen molar-refractivity contribution < 1.29 is 9.59 Å². The van der Waals surface area contributed by atoms with Gasteiger partial charge in [0.15, 0.2) is 0 Å². The molecular formula is C21H22N4O2. The molecule has 2 heterocycles. The van der Waals surface area contributed by atoms with Crippen molar-refractivity contribution in [1.82, 2.24) is 9.55 Å². The van der Waals surface area contributed by atoms with Crippen LogP contribution in [0.1, 0.15) is 25.6 Å². The third-order valence-corrected chi connectivity index (χ3v) is 5.06. The van der Waals surface area contributed by atoms with E-state index in [2.05, 4.69) is 17.2 Å². The summed E-state index contributed by atoms with van der Waals surface area (Å²) < 4.78 is 1.91. The Labute approximate surface area is 157 Å². The van der Waals surface area contributed by atoms with Gasteiger partial charge in [0.25, 0.3) is 0 Å². The van der Waals surface area contributed by atoms with E-state index in [1.165, 1.54) is 0 Å². The second-order valence-corrected chi connectivity index (χ2v) is 6.98. The van der Waals surface area contributed by atoms with Gasteiger partial charge in [0.05, 0.1) is 11.0 Å². The Morgan fingerprint density at radius 1 is 1.19 bits per heavy atom. The predicted octanol–water partition coefficient (Wildman–Crippen LogP) is 3.50. The number of imidazole rings is 1. The Hall–Kier alpha value is -3.15. The summed E-state index contributed by atoms with van der Waals surface area (Å²) >= 11 is 0. The lowest BCUT2D eigenvalue weighted by molar-refractivity contribution is -0.117. The van der Waals surface area contributed by atoms with Crippen molar-refractivity contribution in [2.75, 3.05) is 10.2 Å². The molecule has 2 aromatic carbocycles. The Morgan fingerprint density at radius 3 is 2.63 bits per heavy atom. The van der Waals surface area contributed by atoms with Crippen LogP contribution in [0.3, 0.4) is 0 Å². The molecule has 1 fully saturated rings. The second kappa shape index (κ2) is 6.87. The molecule has 6 nitrogen and oxygen atoms in total. The maximum absolute atomic E-state index is 12.5. The maximum atomic E-state index is 12.5. The number of fused-ring (bicyclic) bond motifs is 1. The van der Waals surface area contributed by atoms with Crippen molar-refractivity contribution >= 4 is 34.2 Å². The van der Waals surface area contributed by atoms with Crippen LogP contribution in [0.15, 0.2) is 48.5 Å². The third kappa shape index (κ3) is 3.30. The molecule has 27 heavy (non-hydrogen) atoms. The van der Waals surface area contributed by atoms with Gasteiger partial charge in [0, 0.05) is 23.8 Å². The first kappa shape index (κ1) is 17.3. The van der Waals surface area contributed by atoms with Crippen LogP contribution in [0.5, 0.6) is 0 Å². The Morgan fingerprint density at radius 2 is 1.93 bits per heavy atom. The standard InChI is InChI=1S/C21H22N4O2/c1-14-7-12-21(27)25(14)17-10-8-16(9-11-17)23-20(26)13-24-15(2)22-18-5-3-4-6-19(18)24/h3-6,8-11,14H,7,12-13H2,1-2H3,(H,23,26). The minimum atomic E-state index is -0.111. The van der Waals surface area contributed by atoms with E-state index in [1.54, 1.807) is 0 Å². The summed E-state index contributed by atoms with van der Waals surface area (Å²) in [5.41, 5.74) is 3.42. The monoisotopic (exact) mass is 362 g/mol. The minimum Gasteiger partial charge on any atom is -0.325 e. The van der Waals surface area contributed by atoms with Crippen LogP contribution in [0.25, 0.3) is 11.0 Å². The molecule has 6 heteroatoms. The summed E-state index contributed by atoms with van der Waals surface area (Å²) in [5, 5.41) is 2.92. The molecule has 1 atom stereocenters. The quantitative estimate of drug-likeness (QED) is 0.772. The summed E-state index contributed by atoms with van der Waals surface area (Å²) in [6.45, 7) is 4.16. The zero-order valence-corrected chi connectivity index (χ0v) is 15.5.